The molecule has 0 spiro atoms. The molecule has 0 bridgehead atoms. The van der Waals surface area contributed by atoms with Gasteiger partial charge in [-0.2, -0.15) is 0 Å². The van der Waals surface area contributed by atoms with Gasteiger partial charge < -0.3 is 9.64 Å². The van der Waals surface area contributed by atoms with Gasteiger partial charge in [-0.15, -0.1) is 0 Å². The molecule has 3 rings (SSSR count). The van der Waals surface area contributed by atoms with Crippen LogP contribution in [0, 0.1) is 5.92 Å². The third kappa shape index (κ3) is 4.32. The summed E-state index contributed by atoms with van der Waals surface area (Å²) >= 11 is 5.78. The summed E-state index contributed by atoms with van der Waals surface area (Å²) in [7, 11) is 0. The van der Waals surface area contributed by atoms with E-state index in [4.69, 9.17) is 16.3 Å². The van der Waals surface area contributed by atoms with E-state index in [1.165, 1.54) is 19.0 Å². The second kappa shape index (κ2) is 6.62. The maximum atomic E-state index is 12.2. The van der Waals surface area contributed by atoms with Crippen LogP contribution in [0.3, 0.4) is 0 Å². The van der Waals surface area contributed by atoms with Crippen molar-refractivity contribution in [2.24, 2.45) is 5.92 Å². The molecule has 6 heteroatoms. The Bertz CT molecular complexity index is 490. The first-order valence-electron chi connectivity index (χ1n) is 7.50. The molecule has 114 valence electrons. The molecule has 5 nitrogen and oxygen atoms in total. The number of rotatable bonds is 4. The number of urea groups is 1. The number of carbonyl (C=O) groups is 1. The van der Waals surface area contributed by atoms with E-state index in [1.807, 2.05) is 0 Å². The van der Waals surface area contributed by atoms with Crippen molar-refractivity contribution >= 4 is 23.4 Å². The third-order valence-electron chi connectivity index (χ3n) is 3.89. The van der Waals surface area contributed by atoms with Crippen LogP contribution in [0.4, 0.5) is 10.6 Å². The Morgan fingerprint density at radius 1 is 1.43 bits per heavy atom. The first kappa shape index (κ1) is 14.6. The van der Waals surface area contributed by atoms with Crippen molar-refractivity contribution in [1.82, 2.24) is 9.88 Å². The Morgan fingerprint density at radius 2 is 2.29 bits per heavy atom. The van der Waals surface area contributed by atoms with Crippen LogP contribution in [0.25, 0.3) is 0 Å². The minimum Gasteiger partial charge on any atom is -0.376 e. The normalized spacial score (nSPS) is 22.1. The van der Waals surface area contributed by atoms with Gasteiger partial charge in [0.2, 0.25) is 0 Å². The molecule has 1 N–H and O–H groups in total. The van der Waals surface area contributed by atoms with Gasteiger partial charge in [0.15, 0.2) is 0 Å². The number of likely N-dealkylation sites (tertiary alicyclic amines) is 1. The number of hydrogen-bond acceptors (Lipinski definition) is 3. The molecule has 1 saturated carbocycles. The molecule has 2 heterocycles. The highest BCUT2D eigenvalue weighted by atomic mass is 35.5. The zero-order valence-electron chi connectivity index (χ0n) is 11.9. The van der Waals surface area contributed by atoms with Gasteiger partial charge in [-0.3, -0.25) is 5.32 Å². The standard InChI is InChI=1S/C15H20ClN3O2/c16-12-5-6-14(17-8-12)18-15(20)19-7-1-2-13(9-19)21-10-11-3-4-11/h5-6,8,11,13H,1-4,7,9-10H2,(H,17,18,20). The number of anilines is 1. The van der Waals surface area contributed by atoms with Crippen LogP contribution >= 0.6 is 11.6 Å². The van der Waals surface area contributed by atoms with Crippen molar-refractivity contribution in [1.29, 1.82) is 0 Å². The maximum Gasteiger partial charge on any atom is 0.323 e. The molecule has 0 aromatic carbocycles. The smallest absolute Gasteiger partial charge is 0.323 e. The number of halogens is 1. The number of ether oxygens (including phenoxy) is 1. The number of piperidine rings is 1. The number of carbonyl (C=O) groups excluding carboxylic acids is 1. The zero-order chi connectivity index (χ0) is 14.7. The average molecular weight is 310 g/mol. The Morgan fingerprint density at radius 3 is 3.00 bits per heavy atom. The second-order valence-corrected chi connectivity index (χ2v) is 6.22. The van der Waals surface area contributed by atoms with Crippen LogP contribution in [0.1, 0.15) is 25.7 Å². The van der Waals surface area contributed by atoms with E-state index in [1.54, 1.807) is 17.0 Å². The van der Waals surface area contributed by atoms with E-state index in [2.05, 4.69) is 10.3 Å². The van der Waals surface area contributed by atoms with Crippen molar-refractivity contribution in [3.05, 3.63) is 23.4 Å². The fraction of sp³-hybridized carbons (Fsp3) is 0.600. The summed E-state index contributed by atoms with van der Waals surface area (Å²) < 4.78 is 5.90. The van der Waals surface area contributed by atoms with Crippen LogP contribution in [0.2, 0.25) is 5.02 Å². The molecule has 1 aromatic heterocycles. The molecule has 1 atom stereocenters. The zero-order valence-corrected chi connectivity index (χ0v) is 12.7. The average Bonchev–Trinajstić information content (AvgIpc) is 3.32. The van der Waals surface area contributed by atoms with E-state index >= 15 is 0 Å². The second-order valence-electron chi connectivity index (χ2n) is 5.78. The van der Waals surface area contributed by atoms with Crippen LogP contribution in [-0.4, -0.2) is 41.7 Å². The van der Waals surface area contributed by atoms with Crippen molar-refractivity contribution in [3.8, 4) is 0 Å². The Kier molecular flexibility index (Phi) is 4.60. The monoisotopic (exact) mass is 309 g/mol. The SMILES string of the molecule is O=C(Nc1ccc(Cl)cn1)N1CCCC(OCC2CC2)C1. The van der Waals surface area contributed by atoms with Gasteiger partial charge in [0, 0.05) is 25.9 Å². The lowest BCUT2D eigenvalue weighted by atomic mass is 10.1. The quantitative estimate of drug-likeness (QED) is 0.929. The first-order valence-corrected chi connectivity index (χ1v) is 7.87. The fourth-order valence-corrected chi connectivity index (χ4v) is 2.57. The molecule has 0 radical (unpaired) electrons. The molecule has 2 aliphatic rings. The molecule has 1 unspecified atom stereocenters. The van der Waals surface area contributed by atoms with Gasteiger partial charge in [-0.25, -0.2) is 9.78 Å². The van der Waals surface area contributed by atoms with Crippen molar-refractivity contribution in [2.75, 3.05) is 25.0 Å². The molecule has 21 heavy (non-hydrogen) atoms. The number of hydrogen-bond donors (Lipinski definition) is 1. The van der Waals surface area contributed by atoms with E-state index in [0.29, 0.717) is 17.4 Å². The maximum absolute atomic E-state index is 12.2. The number of amides is 2. The lowest BCUT2D eigenvalue weighted by Crippen LogP contribution is -2.45. The van der Waals surface area contributed by atoms with Crippen LogP contribution < -0.4 is 5.32 Å². The van der Waals surface area contributed by atoms with Crippen molar-refractivity contribution in [3.63, 3.8) is 0 Å². The summed E-state index contributed by atoms with van der Waals surface area (Å²) in [5.74, 6) is 1.28. The van der Waals surface area contributed by atoms with Gasteiger partial charge in [0.1, 0.15) is 5.82 Å². The number of aromatic nitrogens is 1. The Balaban J connectivity index is 1.49. The highest BCUT2D eigenvalue weighted by Gasteiger charge is 2.27. The minimum atomic E-state index is -0.121. The van der Waals surface area contributed by atoms with E-state index in [0.717, 1.165) is 31.9 Å². The molecule has 2 fully saturated rings. The molecular weight excluding hydrogens is 290 g/mol. The summed E-state index contributed by atoms with van der Waals surface area (Å²) in [6, 6.07) is 3.29. The van der Waals surface area contributed by atoms with Crippen molar-refractivity contribution < 1.29 is 9.53 Å². The van der Waals surface area contributed by atoms with Gasteiger partial charge in [0.05, 0.1) is 11.1 Å². The van der Waals surface area contributed by atoms with Gasteiger partial charge >= 0.3 is 6.03 Å². The topological polar surface area (TPSA) is 54.5 Å². The van der Waals surface area contributed by atoms with Gasteiger partial charge in [-0.05, 0) is 43.7 Å². The number of pyridine rings is 1. The molecule has 1 aromatic rings. The van der Waals surface area contributed by atoms with E-state index in [-0.39, 0.29) is 12.1 Å². The summed E-state index contributed by atoms with van der Waals surface area (Å²) in [4.78, 5) is 18.1. The fourth-order valence-electron chi connectivity index (χ4n) is 2.45. The van der Waals surface area contributed by atoms with Crippen LogP contribution in [0.5, 0.6) is 0 Å². The molecular formula is C15H20ClN3O2. The van der Waals surface area contributed by atoms with E-state index < -0.39 is 0 Å². The highest BCUT2D eigenvalue weighted by Crippen LogP contribution is 2.30. The van der Waals surface area contributed by atoms with Crippen LogP contribution in [0.15, 0.2) is 18.3 Å². The summed E-state index contributed by atoms with van der Waals surface area (Å²) in [6.45, 7) is 2.27. The summed E-state index contributed by atoms with van der Waals surface area (Å²) in [6.07, 6.45) is 6.29. The first-order chi connectivity index (χ1) is 10.2. The van der Waals surface area contributed by atoms with Gasteiger partial charge in [0.25, 0.3) is 0 Å². The summed E-state index contributed by atoms with van der Waals surface area (Å²) in [5, 5.41) is 3.35. The number of nitrogens with zero attached hydrogens (tertiary/aromatic N) is 2. The predicted molar refractivity (Wildman–Crippen MR) is 81.5 cm³/mol. The van der Waals surface area contributed by atoms with Crippen molar-refractivity contribution in [2.45, 2.75) is 31.8 Å². The molecule has 1 aliphatic carbocycles. The Hall–Kier alpha value is -1.33. The molecule has 1 saturated heterocycles. The largest absolute Gasteiger partial charge is 0.376 e. The molecule has 1 aliphatic heterocycles. The predicted octanol–water partition coefficient (Wildman–Crippen LogP) is 3.16. The minimum absolute atomic E-state index is 0.121. The van der Waals surface area contributed by atoms with Gasteiger partial charge in [-0.1, -0.05) is 11.6 Å². The third-order valence-corrected chi connectivity index (χ3v) is 4.12. The number of nitrogens with one attached hydrogen (secondary N) is 1. The Labute approximate surface area is 129 Å². The lowest BCUT2D eigenvalue weighted by Gasteiger charge is -2.32. The highest BCUT2D eigenvalue weighted by molar-refractivity contribution is 6.30. The summed E-state index contributed by atoms with van der Waals surface area (Å²) in [5.41, 5.74) is 0. The van der Waals surface area contributed by atoms with Crippen LogP contribution in [-0.2, 0) is 4.74 Å². The van der Waals surface area contributed by atoms with E-state index in [9.17, 15) is 4.79 Å². The molecule has 2 amide bonds. The lowest BCUT2D eigenvalue weighted by molar-refractivity contribution is 0.00597.